The van der Waals surface area contributed by atoms with Crippen molar-refractivity contribution in [2.45, 2.75) is 19.9 Å². The summed E-state index contributed by atoms with van der Waals surface area (Å²) in [7, 11) is 2.48. The van der Waals surface area contributed by atoms with Crippen molar-refractivity contribution >= 4 is 14.6 Å². The lowest BCUT2D eigenvalue weighted by atomic mass is 10.7. The van der Waals surface area contributed by atoms with Crippen LogP contribution >= 0.6 is 0 Å². The first kappa shape index (κ1) is 11.6. The molecule has 0 atom stereocenters. The highest BCUT2D eigenvalue weighted by atomic mass is 28.4. The predicted molar refractivity (Wildman–Crippen MR) is 48.7 cm³/mol. The monoisotopic (exact) mass is 191 g/mol. The molecular formula is C7H17NO3Si. The van der Waals surface area contributed by atoms with Crippen LogP contribution < -0.4 is 0 Å². The zero-order valence-electron chi connectivity index (χ0n) is 8.38. The summed E-state index contributed by atoms with van der Waals surface area (Å²) in [6.45, 7) is 3.47. The lowest BCUT2D eigenvalue weighted by Gasteiger charge is -2.33. The van der Waals surface area contributed by atoms with Crippen molar-refractivity contribution in [3.63, 3.8) is 0 Å². The highest BCUT2D eigenvalue weighted by Gasteiger charge is 2.41. The van der Waals surface area contributed by atoms with Gasteiger partial charge in [0.1, 0.15) is 0 Å². The Morgan fingerprint density at radius 1 is 1.42 bits per heavy atom. The molecule has 0 saturated heterocycles. The number of hydrogen-bond acceptors (Lipinski definition) is 3. The average molecular weight is 191 g/mol. The number of rotatable bonds is 4. The Bertz CT molecular complexity index is 150. The number of carbonyl (C=O) groups is 1. The predicted octanol–water partition coefficient (Wildman–Crippen LogP) is 0.716. The fourth-order valence-corrected chi connectivity index (χ4v) is 3.37. The van der Waals surface area contributed by atoms with E-state index in [0.29, 0.717) is 0 Å². The van der Waals surface area contributed by atoms with E-state index in [1.807, 2.05) is 6.92 Å². The van der Waals surface area contributed by atoms with Crippen molar-refractivity contribution in [1.29, 1.82) is 0 Å². The van der Waals surface area contributed by atoms with E-state index >= 15 is 0 Å². The summed E-state index contributed by atoms with van der Waals surface area (Å²) < 4.78 is 12.1. The minimum atomic E-state index is -2.40. The minimum absolute atomic E-state index is 0.0211. The van der Waals surface area contributed by atoms with Gasteiger partial charge in [0.2, 0.25) is 5.91 Å². The maximum Gasteiger partial charge on any atom is 0.460 e. The normalized spacial score (nSPS) is 11.4. The summed E-state index contributed by atoms with van der Waals surface area (Å²) in [4.78, 5) is 11.1. The summed E-state index contributed by atoms with van der Waals surface area (Å²) in [5, 5.41) is 0. The van der Waals surface area contributed by atoms with E-state index < -0.39 is 8.72 Å². The highest BCUT2D eigenvalue weighted by Crippen LogP contribution is 2.14. The van der Waals surface area contributed by atoms with Gasteiger partial charge in [0.25, 0.3) is 0 Å². The van der Waals surface area contributed by atoms with Crippen molar-refractivity contribution in [3.8, 4) is 0 Å². The van der Waals surface area contributed by atoms with Crippen LogP contribution in [0, 0.1) is 0 Å². The SMILES string of the molecule is CC[Si](OC)(OC)N(C)C(C)=O. The van der Waals surface area contributed by atoms with E-state index in [4.69, 9.17) is 8.85 Å². The summed E-state index contributed by atoms with van der Waals surface area (Å²) in [5.74, 6) is -0.0211. The molecule has 0 unspecified atom stereocenters. The number of hydrogen-bond donors (Lipinski definition) is 0. The second-order valence-corrected chi connectivity index (χ2v) is 6.17. The van der Waals surface area contributed by atoms with Crippen LogP contribution in [0.2, 0.25) is 6.04 Å². The lowest BCUT2D eigenvalue weighted by molar-refractivity contribution is -0.125. The third kappa shape index (κ3) is 2.06. The molecule has 0 radical (unpaired) electrons. The van der Waals surface area contributed by atoms with Crippen molar-refractivity contribution in [2.75, 3.05) is 21.3 Å². The van der Waals surface area contributed by atoms with Gasteiger partial charge in [-0.3, -0.25) is 4.79 Å². The van der Waals surface area contributed by atoms with E-state index in [1.165, 1.54) is 6.92 Å². The summed E-state index contributed by atoms with van der Waals surface area (Å²) in [5.41, 5.74) is 0. The van der Waals surface area contributed by atoms with Crippen molar-refractivity contribution < 1.29 is 13.6 Å². The van der Waals surface area contributed by atoms with E-state index in [-0.39, 0.29) is 5.91 Å². The molecule has 0 N–H and O–H groups in total. The van der Waals surface area contributed by atoms with Gasteiger partial charge in [-0.05, 0) is 0 Å². The van der Waals surface area contributed by atoms with Gasteiger partial charge in [0.15, 0.2) is 0 Å². The minimum Gasteiger partial charge on any atom is -0.382 e. The third-order valence-electron chi connectivity index (χ3n) is 2.07. The molecule has 12 heavy (non-hydrogen) atoms. The average Bonchev–Trinajstić information content (AvgIpc) is 2.08. The Morgan fingerprint density at radius 2 is 1.83 bits per heavy atom. The first-order valence-electron chi connectivity index (χ1n) is 3.88. The fraction of sp³-hybridized carbons (Fsp3) is 0.857. The Hall–Kier alpha value is -0.393. The van der Waals surface area contributed by atoms with E-state index in [0.717, 1.165) is 6.04 Å². The van der Waals surface area contributed by atoms with Crippen LogP contribution in [0.5, 0.6) is 0 Å². The molecule has 0 spiro atoms. The molecule has 0 aliphatic heterocycles. The second-order valence-electron chi connectivity index (χ2n) is 2.55. The number of nitrogens with zero attached hydrogens (tertiary/aromatic N) is 1. The third-order valence-corrected chi connectivity index (χ3v) is 5.57. The molecular weight excluding hydrogens is 174 g/mol. The van der Waals surface area contributed by atoms with Crippen molar-refractivity contribution in [3.05, 3.63) is 0 Å². The van der Waals surface area contributed by atoms with Gasteiger partial charge in [0.05, 0.1) is 0 Å². The van der Waals surface area contributed by atoms with Crippen LogP contribution in [0.3, 0.4) is 0 Å². The molecule has 0 aromatic carbocycles. The molecule has 0 aromatic rings. The summed E-state index contributed by atoms with van der Waals surface area (Å²) in [6.07, 6.45) is 0. The molecule has 0 saturated carbocycles. The van der Waals surface area contributed by atoms with Crippen LogP contribution in [0.1, 0.15) is 13.8 Å². The van der Waals surface area contributed by atoms with Crippen LogP contribution in [0.15, 0.2) is 0 Å². The van der Waals surface area contributed by atoms with Gasteiger partial charge < -0.3 is 13.4 Å². The largest absolute Gasteiger partial charge is 0.460 e. The maximum atomic E-state index is 11.1. The Balaban J connectivity index is 4.58. The van der Waals surface area contributed by atoms with Crippen LogP contribution in [-0.2, 0) is 13.6 Å². The maximum absolute atomic E-state index is 11.1. The lowest BCUT2D eigenvalue weighted by Crippen LogP contribution is -2.56. The molecule has 0 bridgehead atoms. The Labute approximate surface area is 74.8 Å². The van der Waals surface area contributed by atoms with Gasteiger partial charge in [0, 0.05) is 34.2 Å². The number of carbonyl (C=O) groups excluding carboxylic acids is 1. The molecule has 0 fully saturated rings. The van der Waals surface area contributed by atoms with Gasteiger partial charge >= 0.3 is 8.72 Å². The number of amides is 1. The Kier molecular flexibility index (Phi) is 4.44. The van der Waals surface area contributed by atoms with Gasteiger partial charge in [-0.25, -0.2) is 0 Å². The zero-order chi connectivity index (χ0) is 9.78. The van der Waals surface area contributed by atoms with Crippen LogP contribution in [0.25, 0.3) is 0 Å². The molecule has 0 aliphatic rings. The summed E-state index contributed by atoms with van der Waals surface area (Å²) in [6, 6.07) is 0.732. The van der Waals surface area contributed by atoms with Gasteiger partial charge in [-0.2, -0.15) is 0 Å². The van der Waals surface area contributed by atoms with Crippen LogP contribution in [-0.4, -0.2) is 40.5 Å². The molecule has 0 aliphatic carbocycles. The van der Waals surface area contributed by atoms with Crippen molar-refractivity contribution in [2.24, 2.45) is 0 Å². The molecule has 1 amide bonds. The quantitative estimate of drug-likeness (QED) is 0.615. The molecule has 0 rings (SSSR count). The highest BCUT2D eigenvalue weighted by molar-refractivity contribution is 6.66. The molecule has 72 valence electrons. The van der Waals surface area contributed by atoms with Gasteiger partial charge in [-0.15, -0.1) is 0 Å². The molecule has 4 nitrogen and oxygen atoms in total. The van der Waals surface area contributed by atoms with E-state index in [1.54, 1.807) is 25.8 Å². The molecule has 0 heterocycles. The summed E-state index contributed by atoms with van der Waals surface area (Å²) >= 11 is 0. The van der Waals surface area contributed by atoms with E-state index in [2.05, 4.69) is 0 Å². The molecule has 5 heteroatoms. The second kappa shape index (κ2) is 4.59. The Morgan fingerprint density at radius 3 is 1.92 bits per heavy atom. The zero-order valence-corrected chi connectivity index (χ0v) is 9.38. The van der Waals surface area contributed by atoms with Crippen LogP contribution in [0.4, 0.5) is 0 Å². The fourth-order valence-electron chi connectivity index (χ4n) is 1.12. The smallest absolute Gasteiger partial charge is 0.382 e. The standard InChI is InChI=1S/C7H17NO3Si/c1-6-12(10-4,11-5)8(3)7(2)9/h6H2,1-5H3. The topological polar surface area (TPSA) is 38.8 Å². The first-order valence-corrected chi connectivity index (χ1v) is 5.85. The first-order chi connectivity index (χ1) is 5.54. The van der Waals surface area contributed by atoms with E-state index in [9.17, 15) is 4.79 Å². The van der Waals surface area contributed by atoms with Gasteiger partial charge in [-0.1, -0.05) is 6.92 Å². The molecule has 0 aromatic heterocycles. The van der Waals surface area contributed by atoms with Crippen molar-refractivity contribution in [1.82, 2.24) is 4.57 Å².